The lowest BCUT2D eigenvalue weighted by atomic mass is 9.94. The van der Waals surface area contributed by atoms with E-state index in [1.807, 2.05) is 0 Å². The molecule has 1 unspecified atom stereocenters. The van der Waals surface area contributed by atoms with Gasteiger partial charge in [0, 0.05) is 10.5 Å². The van der Waals surface area contributed by atoms with Crippen LogP contribution in [0.15, 0.2) is 22.7 Å². The molecular formula is C15H22BrN. The zero-order valence-corrected chi connectivity index (χ0v) is 12.4. The molecule has 1 aromatic carbocycles. The second kappa shape index (κ2) is 6.01. The maximum atomic E-state index is 3.63. The highest BCUT2D eigenvalue weighted by Gasteiger charge is 2.13. The minimum atomic E-state index is 0.602. The summed E-state index contributed by atoms with van der Waals surface area (Å²) in [5.41, 5.74) is 2.90. The van der Waals surface area contributed by atoms with E-state index in [0.29, 0.717) is 12.0 Å². The Bertz CT molecular complexity index is 367. The smallest absolute Gasteiger partial charge is 0.0180 e. The molecule has 2 rings (SSSR count). The third-order valence-electron chi connectivity index (χ3n) is 3.54. The normalized spacial score (nSPS) is 20.8. The lowest BCUT2D eigenvalue weighted by molar-refractivity contribution is 0.399. The molecule has 1 N–H and O–H groups in total. The van der Waals surface area contributed by atoms with E-state index in [1.165, 1.54) is 47.8 Å². The maximum absolute atomic E-state index is 3.63. The number of rotatable bonds is 3. The molecular weight excluding hydrogens is 274 g/mol. The zero-order chi connectivity index (χ0) is 12.3. The summed E-state index contributed by atoms with van der Waals surface area (Å²) in [6.07, 6.45) is 5.21. The Labute approximate surface area is 113 Å². The lowest BCUT2D eigenvalue weighted by Crippen LogP contribution is -2.35. The predicted molar refractivity (Wildman–Crippen MR) is 77.6 cm³/mol. The van der Waals surface area contributed by atoms with E-state index in [1.54, 1.807) is 0 Å². The Balaban J connectivity index is 2.09. The first-order chi connectivity index (χ1) is 8.15. The topological polar surface area (TPSA) is 12.0 Å². The van der Waals surface area contributed by atoms with E-state index >= 15 is 0 Å². The minimum Gasteiger partial charge on any atom is -0.314 e. The molecule has 1 fully saturated rings. The third-order valence-corrected chi connectivity index (χ3v) is 4.00. The Kier molecular flexibility index (Phi) is 4.63. The second-order valence-corrected chi connectivity index (χ2v) is 6.31. The largest absolute Gasteiger partial charge is 0.314 e. The van der Waals surface area contributed by atoms with Crippen molar-refractivity contribution in [3.8, 4) is 0 Å². The third kappa shape index (κ3) is 3.82. The quantitative estimate of drug-likeness (QED) is 0.879. The molecule has 17 heavy (non-hydrogen) atoms. The van der Waals surface area contributed by atoms with Crippen LogP contribution < -0.4 is 5.32 Å². The van der Waals surface area contributed by atoms with Gasteiger partial charge in [-0.1, -0.05) is 42.3 Å². The van der Waals surface area contributed by atoms with Gasteiger partial charge in [-0.25, -0.2) is 0 Å². The van der Waals surface area contributed by atoms with E-state index in [0.717, 1.165) is 0 Å². The number of hydrogen-bond acceptors (Lipinski definition) is 1. The van der Waals surface area contributed by atoms with Crippen LogP contribution in [0.4, 0.5) is 0 Å². The monoisotopic (exact) mass is 295 g/mol. The van der Waals surface area contributed by atoms with Gasteiger partial charge in [-0.15, -0.1) is 0 Å². The van der Waals surface area contributed by atoms with Crippen molar-refractivity contribution in [3.05, 3.63) is 33.8 Å². The molecule has 0 bridgehead atoms. The molecule has 1 heterocycles. The van der Waals surface area contributed by atoms with Crippen LogP contribution >= 0.6 is 15.9 Å². The molecule has 1 aliphatic rings. The second-order valence-electron chi connectivity index (χ2n) is 5.40. The standard InChI is InChI=1S/C15H22BrN/c1-11(2)13-7-12(8-14(16)10-13)9-15-5-3-4-6-17-15/h7-8,10-11,15,17H,3-6,9H2,1-2H3. The van der Waals surface area contributed by atoms with Gasteiger partial charge in [0.15, 0.2) is 0 Å². The zero-order valence-electron chi connectivity index (χ0n) is 10.8. The predicted octanol–water partition coefficient (Wildman–Crippen LogP) is 4.26. The fourth-order valence-corrected chi connectivity index (χ4v) is 3.07. The van der Waals surface area contributed by atoms with Crippen LogP contribution in [-0.2, 0) is 6.42 Å². The molecule has 1 nitrogen and oxygen atoms in total. The van der Waals surface area contributed by atoms with Crippen LogP contribution in [0.2, 0.25) is 0 Å². The van der Waals surface area contributed by atoms with E-state index < -0.39 is 0 Å². The summed E-state index contributed by atoms with van der Waals surface area (Å²) in [7, 11) is 0. The molecule has 2 heteroatoms. The average Bonchev–Trinajstić information content (AvgIpc) is 2.29. The highest BCUT2D eigenvalue weighted by molar-refractivity contribution is 9.10. The summed E-state index contributed by atoms with van der Waals surface area (Å²) in [5.74, 6) is 0.602. The van der Waals surface area contributed by atoms with Crippen molar-refractivity contribution in [1.82, 2.24) is 5.32 Å². The van der Waals surface area contributed by atoms with Crippen molar-refractivity contribution in [2.24, 2.45) is 0 Å². The molecule has 0 aromatic heterocycles. The average molecular weight is 296 g/mol. The molecule has 0 aliphatic carbocycles. The molecule has 1 saturated heterocycles. The molecule has 0 spiro atoms. The maximum Gasteiger partial charge on any atom is 0.0180 e. The first-order valence-corrected chi connectivity index (χ1v) is 7.47. The van der Waals surface area contributed by atoms with Crippen LogP contribution in [0, 0.1) is 0 Å². The number of nitrogens with one attached hydrogen (secondary N) is 1. The molecule has 94 valence electrons. The minimum absolute atomic E-state index is 0.602. The lowest BCUT2D eigenvalue weighted by Gasteiger charge is -2.24. The van der Waals surface area contributed by atoms with Gasteiger partial charge in [-0.2, -0.15) is 0 Å². The van der Waals surface area contributed by atoms with E-state index in [2.05, 4.69) is 53.3 Å². The van der Waals surface area contributed by atoms with E-state index in [-0.39, 0.29) is 0 Å². The fraction of sp³-hybridized carbons (Fsp3) is 0.600. The van der Waals surface area contributed by atoms with Crippen LogP contribution in [0.5, 0.6) is 0 Å². The summed E-state index contributed by atoms with van der Waals surface area (Å²) < 4.78 is 1.22. The molecule has 1 aromatic rings. The summed E-state index contributed by atoms with van der Waals surface area (Å²) in [5, 5.41) is 3.62. The van der Waals surface area contributed by atoms with Crippen molar-refractivity contribution in [3.63, 3.8) is 0 Å². The first kappa shape index (κ1) is 13.1. The highest BCUT2D eigenvalue weighted by atomic mass is 79.9. The van der Waals surface area contributed by atoms with Crippen LogP contribution in [0.1, 0.15) is 50.2 Å². The van der Waals surface area contributed by atoms with Gasteiger partial charge >= 0.3 is 0 Å². The van der Waals surface area contributed by atoms with Crippen LogP contribution in [-0.4, -0.2) is 12.6 Å². The molecule has 1 aliphatic heterocycles. The molecule has 0 radical (unpaired) electrons. The SMILES string of the molecule is CC(C)c1cc(Br)cc(CC2CCCCN2)c1. The van der Waals surface area contributed by atoms with Gasteiger partial charge in [0.25, 0.3) is 0 Å². The Morgan fingerprint density at radius 3 is 2.76 bits per heavy atom. The van der Waals surface area contributed by atoms with Gasteiger partial charge in [0.05, 0.1) is 0 Å². The van der Waals surface area contributed by atoms with Crippen LogP contribution in [0.25, 0.3) is 0 Å². The molecule has 1 atom stereocenters. The number of piperidine rings is 1. The van der Waals surface area contributed by atoms with Gasteiger partial charge in [0.1, 0.15) is 0 Å². The van der Waals surface area contributed by atoms with Crippen molar-refractivity contribution >= 4 is 15.9 Å². The van der Waals surface area contributed by atoms with Gasteiger partial charge in [-0.3, -0.25) is 0 Å². The summed E-state index contributed by atoms with van der Waals surface area (Å²) in [6.45, 7) is 5.70. The van der Waals surface area contributed by atoms with Crippen molar-refractivity contribution in [2.45, 2.75) is 51.5 Å². The number of hydrogen-bond donors (Lipinski definition) is 1. The Morgan fingerprint density at radius 2 is 2.12 bits per heavy atom. The Morgan fingerprint density at radius 1 is 1.29 bits per heavy atom. The van der Waals surface area contributed by atoms with Crippen molar-refractivity contribution < 1.29 is 0 Å². The van der Waals surface area contributed by atoms with Gasteiger partial charge in [-0.05, 0) is 55.0 Å². The fourth-order valence-electron chi connectivity index (χ4n) is 2.51. The van der Waals surface area contributed by atoms with Gasteiger partial charge < -0.3 is 5.32 Å². The number of halogens is 1. The Hall–Kier alpha value is -0.340. The molecule has 0 amide bonds. The van der Waals surface area contributed by atoms with Crippen molar-refractivity contribution in [2.75, 3.05) is 6.54 Å². The highest BCUT2D eigenvalue weighted by Crippen LogP contribution is 2.23. The van der Waals surface area contributed by atoms with Crippen molar-refractivity contribution in [1.29, 1.82) is 0 Å². The van der Waals surface area contributed by atoms with Gasteiger partial charge in [0.2, 0.25) is 0 Å². The summed E-state index contributed by atoms with van der Waals surface area (Å²) in [6, 6.07) is 7.55. The first-order valence-electron chi connectivity index (χ1n) is 6.68. The van der Waals surface area contributed by atoms with Crippen LogP contribution in [0.3, 0.4) is 0 Å². The van der Waals surface area contributed by atoms with E-state index in [9.17, 15) is 0 Å². The van der Waals surface area contributed by atoms with E-state index in [4.69, 9.17) is 0 Å². The molecule has 0 saturated carbocycles. The summed E-state index contributed by atoms with van der Waals surface area (Å²) >= 11 is 3.63. The number of benzene rings is 1. The summed E-state index contributed by atoms with van der Waals surface area (Å²) in [4.78, 5) is 0.